The molecule has 0 bridgehead atoms. The lowest BCUT2D eigenvalue weighted by atomic mass is 10.1. The second kappa shape index (κ2) is 6.29. The summed E-state index contributed by atoms with van der Waals surface area (Å²) in [6.45, 7) is 6.64. The number of rotatable bonds is 4. The van der Waals surface area contributed by atoms with Gasteiger partial charge in [0.05, 0.1) is 12.6 Å². The Hall–Kier alpha value is -2.55. The average Bonchev–Trinajstić information content (AvgIpc) is 2.51. The Morgan fingerprint density at radius 2 is 1.87 bits per heavy atom. The summed E-state index contributed by atoms with van der Waals surface area (Å²) in [5, 5.41) is 1.63. The Morgan fingerprint density at radius 3 is 2.61 bits per heavy atom. The van der Waals surface area contributed by atoms with Crippen LogP contribution < -0.4 is 10.3 Å². The summed E-state index contributed by atoms with van der Waals surface area (Å²) in [7, 11) is 0. The maximum absolute atomic E-state index is 12.7. The van der Waals surface area contributed by atoms with E-state index in [2.05, 4.69) is 19.1 Å². The van der Waals surface area contributed by atoms with Gasteiger partial charge >= 0.3 is 0 Å². The van der Waals surface area contributed by atoms with Crippen molar-refractivity contribution in [1.82, 2.24) is 4.57 Å². The van der Waals surface area contributed by atoms with Gasteiger partial charge in [-0.25, -0.2) is 0 Å². The van der Waals surface area contributed by atoms with Gasteiger partial charge in [-0.1, -0.05) is 24.3 Å². The van der Waals surface area contributed by atoms with E-state index in [0.717, 1.165) is 22.1 Å². The summed E-state index contributed by atoms with van der Waals surface area (Å²) in [5.41, 5.74) is 2.38. The Bertz CT molecular complexity index is 894. The number of benzene rings is 2. The van der Waals surface area contributed by atoms with Crippen LogP contribution in [0.15, 0.2) is 59.5 Å². The van der Waals surface area contributed by atoms with Crippen LogP contribution in [0.2, 0.25) is 0 Å². The van der Waals surface area contributed by atoms with Gasteiger partial charge in [0.2, 0.25) is 0 Å². The third-order valence-electron chi connectivity index (χ3n) is 3.92. The number of pyridine rings is 1. The topological polar surface area (TPSA) is 31.2 Å². The van der Waals surface area contributed by atoms with Crippen LogP contribution in [-0.2, 0) is 6.54 Å². The lowest BCUT2D eigenvalue weighted by Gasteiger charge is -2.12. The van der Waals surface area contributed by atoms with E-state index in [1.54, 1.807) is 4.57 Å². The van der Waals surface area contributed by atoms with Gasteiger partial charge in [0.25, 0.3) is 5.56 Å². The van der Waals surface area contributed by atoms with Gasteiger partial charge in [-0.15, -0.1) is 0 Å². The van der Waals surface area contributed by atoms with Crippen LogP contribution in [0.5, 0.6) is 5.75 Å². The first-order valence-electron chi connectivity index (χ1n) is 7.89. The first-order valence-corrected chi connectivity index (χ1v) is 7.89. The van der Waals surface area contributed by atoms with E-state index in [4.69, 9.17) is 4.74 Å². The fraction of sp³-hybridized carbons (Fsp3) is 0.250. The SMILES string of the molecule is Cc1ccccc1Cn1ccc2cc(OC(C)C)ccc2c1=O. The molecule has 0 aliphatic carbocycles. The number of fused-ring (bicyclic) bond motifs is 1. The molecule has 0 fully saturated rings. The normalized spacial score (nSPS) is 11.1. The van der Waals surface area contributed by atoms with Crippen molar-refractivity contribution in [3.05, 3.63) is 76.2 Å². The number of aryl methyl sites for hydroxylation is 1. The number of hydrogen-bond donors (Lipinski definition) is 0. The Kier molecular flexibility index (Phi) is 4.20. The zero-order chi connectivity index (χ0) is 16.4. The van der Waals surface area contributed by atoms with Gasteiger partial charge in [-0.2, -0.15) is 0 Å². The molecular weight excluding hydrogens is 286 g/mol. The van der Waals surface area contributed by atoms with E-state index >= 15 is 0 Å². The molecule has 0 atom stereocenters. The van der Waals surface area contributed by atoms with E-state index in [1.165, 1.54) is 5.56 Å². The molecule has 0 spiro atoms. The van der Waals surface area contributed by atoms with Gasteiger partial charge in [-0.3, -0.25) is 4.79 Å². The maximum Gasteiger partial charge on any atom is 0.258 e. The predicted octanol–water partition coefficient (Wildman–Crippen LogP) is 4.15. The summed E-state index contributed by atoms with van der Waals surface area (Å²) < 4.78 is 7.45. The first-order chi connectivity index (χ1) is 11.0. The molecule has 118 valence electrons. The average molecular weight is 307 g/mol. The number of hydrogen-bond acceptors (Lipinski definition) is 2. The number of aromatic nitrogens is 1. The highest BCUT2D eigenvalue weighted by Gasteiger charge is 2.07. The van der Waals surface area contributed by atoms with Gasteiger partial charge in [-0.05, 0) is 61.5 Å². The minimum atomic E-state index is 0.0295. The zero-order valence-electron chi connectivity index (χ0n) is 13.7. The maximum atomic E-state index is 12.7. The van der Waals surface area contributed by atoms with Crippen LogP contribution in [0.25, 0.3) is 10.8 Å². The lowest BCUT2D eigenvalue weighted by Crippen LogP contribution is -2.20. The third-order valence-corrected chi connectivity index (χ3v) is 3.92. The molecular formula is C20H21NO2. The van der Waals surface area contributed by atoms with Crippen LogP contribution in [0.3, 0.4) is 0 Å². The fourth-order valence-electron chi connectivity index (χ4n) is 2.71. The molecule has 0 amide bonds. The molecule has 3 rings (SSSR count). The molecule has 0 radical (unpaired) electrons. The minimum Gasteiger partial charge on any atom is -0.491 e. The smallest absolute Gasteiger partial charge is 0.258 e. The van der Waals surface area contributed by atoms with Gasteiger partial charge in [0.15, 0.2) is 0 Å². The quantitative estimate of drug-likeness (QED) is 0.725. The molecule has 3 heteroatoms. The van der Waals surface area contributed by atoms with Crippen molar-refractivity contribution in [3.8, 4) is 5.75 Å². The zero-order valence-corrected chi connectivity index (χ0v) is 13.7. The highest BCUT2D eigenvalue weighted by atomic mass is 16.5. The van der Waals surface area contributed by atoms with Gasteiger partial charge < -0.3 is 9.30 Å². The highest BCUT2D eigenvalue weighted by Crippen LogP contribution is 2.19. The number of nitrogens with zero attached hydrogens (tertiary/aromatic N) is 1. The van der Waals surface area contributed by atoms with Crippen molar-refractivity contribution < 1.29 is 4.74 Å². The van der Waals surface area contributed by atoms with Crippen LogP contribution in [0, 0.1) is 6.92 Å². The summed E-state index contributed by atoms with van der Waals surface area (Å²) in [6.07, 6.45) is 1.98. The molecule has 0 saturated carbocycles. The highest BCUT2D eigenvalue weighted by molar-refractivity contribution is 5.82. The van der Waals surface area contributed by atoms with Crippen molar-refractivity contribution in [2.45, 2.75) is 33.4 Å². The number of ether oxygens (including phenoxy) is 1. The second-order valence-electron chi connectivity index (χ2n) is 6.09. The van der Waals surface area contributed by atoms with Crippen molar-refractivity contribution in [1.29, 1.82) is 0 Å². The van der Waals surface area contributed by atoms with Gasteiger partial charge in [0, 0.05) is 11.6 Å². The monoisotopic (exact) mass is 307 g/mol. The van der Waals surface area contributed by atoms with Crippen molar-refractivity contribution in [2.75, 3.05) is 0 Å². The lowest BCUT2D eigenvalue weighted by molar-refractivity contribution is 0.243. The second-order valence-corrected chi connectivity index (χ2v) is 6.09. The Balaban J connectivity index is 1.99. The van der Waals surface area contributed by atoms with Gasteiger partial charge in [0.1, 0.15) is 5.75 Å². The third kappa shape index (κ3) is 3.29. The van der Waals surface area contributed by atoms with E-state index < -0.39 is 0 Å². The molecule has 1 heterocycles. The summed E-state index contributed by atoms with van der Waals surface area (Å²) >= 11 is 0. The van der Waals surface area contributed by atoms with Crippen LogP contribution >= 0.6 is 0 Å². The van der Waals surface area contributed by atoms with Crippen LogP contribution in [0.1, 0.15) is 25.0 Å². The van der Waals surface area contributed by atoms with E-state index in [9.17, 15) is 4.79 Å². The first kappa shape index (κ1) is 15.3. The van der Waals surface area contributed by atoms with E-state index in [-0.39, 0.29) is 11.7 Å². The minimum absolute atomic E-state index is 0.0295. The van der Waals surface area contributed by atoms with Crippen molar-refractivity contribution in [2.24, 2.45) is 0 Å². The van der Waals surface area contributed by atoms with Crippen LogP contribution in [0.4, 0.5) is 0 Å². The van der Waals surface area contributed by atoms with Crippen molar-refractivity contribution in [3.63, 3.8) is 0 Å². The molecule has 3 aromatic rings. The molecule has 2 aromatic carbocycles. The predicted molar refractivity (Wildman–Crippen MR) is 94.3 cm³/mol. The fourth-order valence-corrected chi connectivity index (χ4v) is 2.71. The molecule has 0 aliphatic rings. The van der Waals surface area contributed by atoms with E-state index in [0.29, 0.717) is 6.54 Å². The molecule has 3 nitrogen and oxygen atoms in total. The summed E-state index contributed by atoms with van der Waals surface area (Å²) in [5.74, 6) is 0.795. The van der Waals surface area contributed by atoms with Crippen LogP contribution in [-0.4, -0.2) is 10.7 Å². The Morgan fingerprint density at radius 1 is 1.09 bits per heavy atom. The molecule has 0 aliphatic heterocycles. The summed E-state index contributed by atoms with van der Waals surface area (Å²) in [4.78, 5) is 12.7. The largest absolute Gasteiger partial charge is 0.491 e. The molecule has 1 aromatic heterocycles. The summed E-state index contributed by atoms with van der Waals surface area (Å²) in [6, 6.07) is 15.8. The molecule has 0 unspecified atom stereocenters. The molecule has 23 heavy (non-hydrogen) atoms. The standard InChI is InChI=1S/C20H21NO2/c1-14(2)23-18-8-9-19-16(12-18)10-11-21(20(19)22)13-17-7-5-4-6-15(17)3/h4-12,14H,13H2,1-3H3. The van der Waals surface area contributed by atoms with E-state index in [1.807, 2.05) is 56.4 Å². The Labute approximate surface area is 136 Å². The molecule has 0 saturated heterocycles. The van der Waals surface area contributed by atoms with Crippen molar-refractivity contribution >= 4 is 10.8 Å². The molecule has 0 N–H and O–H groups in total.